The van der Waals surface area contributed by atoms with Gasteiger partial charge in [0.2, 0.25) is 5.91 Å². The molecule has 1 amide bonds. The van der Waals surface area contributed by atoms with Gasteiger partial charge in [0.25, 0.3) is 0 Å². The van der Waals surface area contributed by atoms with E-state index in [1.54, 1.807) is 6.07 Å². The number of carbonyl (C=O) groups excluding carboxylic acids is 1. The Morgan fingerprint density at radius 2 is 1.91 bits per heavy atom. The van der Waals surface area contributed by atoms with Crippen LogP contribution in [0.25, 0.3) is 0 Å². The molecular formula is C18H22FN3O. The Morgan fingerprint density at radius 1 is 1.22 bits per heavy atom. The number of hydrogen-bond acceptors (Lipinski definition) is 3. The first kappa shape index (κ1) is 15.9. The zero-order valence-corrected chi connectivity index (χ0v) is 13.3. The average Bonchev–Trinajstić information content (AvgIpc) is 3.11. The molecule has 1 aromatic carbocycles. The van der Waals surface area contributed by atoms with Crippen LogP contribution in [0.1, 0.15) is 36.8 Å². The van der Waals surface area contributed by atoms with E-state index in [4.69, 9.17) is 5.26 Å². The minimum atomic E-state index is -0.270. The van der Waals surface area contributed by atoms with Crippen molar-refractivity contribution in [3.63, 3.8) is 0 Å². The summed E-state index contributed by atoms with van der Waals surface area (Å²) in [6, 6.07) is 6.52. The molecule has 3 rings (SSSR count). The Kier molecular flexibility index (Phi) is 4.92. The number of nitriles is 1. The van der Waals surface area contributed by atoms with Gasteiger partial charge in [0.15, 0.2) is 0 Å². The summed E-state index contributed by atoms with van der Waals surface area (Å²) in [5.41, 5.74) is 1.04. The third-order valence-electron chi connectivity index (χ3n) is 4.96. The summed E-state index contributed by atoms with van der Waals surface area (Å²) < 4.78 is 13.9. The van der Waals surface area contributed by atoms with Crippen molar-refractivity contribution in [2.45, 2.75) is 32.2 Å². The number of rotatable bonds is 3. The summed E-state index contributed by atoms with van der Waals surface area (Å²) in [5.74, 6) is 0.263. The smallest absolute Gasteiger partial charge is 0.225 e. The Morgan fingerprint density at radius 3 is 2.57 bits per heavy atom. The van der Waals surface area contributed by atoms with Gasteiger partial charge in [-0.05, 0) is 31.0 Å². The van der Waals surface area contributed by atoms with Gasteiger partial charge < -0.3 is 4.90 Å². The fourth-order valence-corrected chi connectivity index (χ4v) is 3.56. The van der Waals surface area contributed by atoms with Gasteiger partial charge >= 0.3 is 0 Å². The quantitative estimate of drug-likeness (QED) is 0.861. The number of benzene rings is 1. The van der Waals surface area contributed by atoms with Crippen molar-refractivity contribution in [1.82, 2.24) is 9.80 Å². The van der Waals surface area contributed by atoms with Crippen LogP contribution in [-0.2, 0) is 11.3 Å². The second kappa shape index (κ2) is 7.10. The van der Waals surface area contributed by atoms with Crippen molar-refractivity contribution >= 4 is 5.91 Å². The highest BCUT2D eigenvalue weighted by molar-refractivity contribution is 5.79. The number of nitrogens with zero attached hydrogens (tertiary/aromatic N) is 3. The van der Waals surface area contributed by atoms with Crippen LogP contribution >= 0.6 is 0 Å². The van der Waals surface area contributed by atoms with E-state index >= 15 is 0 Å². The van der Waals surface area contributed by atoms with E-state index in [9.17, 15) is 9.18 Å². The standard InChI is InChI=1S/C18H22FN3O/c19-17-6-5-14(12-20)11-16(17)13-21-7-9-22(10-8-21)18(23)15-3-1-2-4-15/h5-6,11,15H,1-4,7-10,13H2. The maximum atomic E-state index is 13.9. The van der Waals surface area contributed by atoms with Gasteiger partial charge in [-0.25, -0.2) is 4.39 Å². The van der Waals surface area contributed by atoms with Crippen molar-refractivity contribution < 1.29 is 9.18 Å². The highest BCUT2D eigenvalue weighted by Crippen LogP contribution is 2.27. The van der Waals surface area contributed by atoms with Crippen LogP contribution in [0, 0.1) is 23.1 Å². The highest BCUT2D eigenvalue weighted by Gasteiger charge is 2.29. The van der Waals surface area contributed by atoms with Crippen molar-refractivity contribution in [2.24, 2.45) is 5.92 Å². The van der Waals surface area contributed by atoms with Crippen molar-refractivity contribution in [3.05, 3.63) is 35.1 Å². The summed E-state index contributed by atoms with van der Waals surface area (Å²) in [4.78, 5) is 16.5. The summed E-state index contributed by atoms with van der Waals surface area (Å²) in [6.07, 6.45) is 4.41. The molecule has 1 aliphatic heterocycles. The van der Waals surface area contributed by atoms with E-state index in [0.29, 0.717) is 23.6 Å². The van der Waals surface area contributed by atoms with Gasteiger partial charge in [-0.15, -0.1) is 0 Å². The lowest BCUT2D eigenvalue weighted by molar-refractivity contribution is -0.137. The van der Waals surface area contributed by atoms with Gasteiger partial charge in [-0.1, -0.05) is 12.8 Å². The number of halogens is 1. The van der Waals surface area contributed by atoms with E-state index in [-0.39, 0.29) is 11.7 Å². The van der Waals surface area contributed by atoms with Gasteiger partial charge in [0, 0.05) is 44.2 Å². The van der Waals surface area contributed by atoms with Gasteiger partial charge in [0.05, 0.1) is 11.6 Å². The van der Waals surface area contributed by atoms with Crippen LogP contribution < -0.4 is 0 Å². The highest BCUT2D eigenvalue weighted by atomic mass is 19.1. The Bertz CT molecular complexity index is 611. The van der Waals surface area contributed by atoms with E-state index in [0.717, 1.165) is 39.0 Å². The minimum Gasteiger partial charge on any atom is -0.340 e. The van der Waals surface area contributed by atoms with Crippen LogP contribution in [0.3, 0.4) is 0 Å². The molecule has 0 N–H and O–H groups in total. The summed E-state index contributed by atoms with van der Waals surface area (Å²) in [7, 11) is 0. The number of amides is 1. The summed E-state index contributed by atoms with van der Waals surface area (Å²) in [6.45, 7) is 3.44. The van der Waals surface area contributed by atoms with Crippen LogP contribution in [0.15, 0.2) is 18.2 Å². The molecule has 1 aromatic rings. The van der Waals surface area contributed by atoms with E-state index in [2.05, 4.69) is 4.90 Å². The lowest BCUT2D eigenvalue weighted by Gasteiger charge is -2.36. The first-order valence-corrected chi connectivity index (χ1v) is 8.37. The second-order valence-corrected chi connectivity index (χ2v) is 6.50. The van der Waals surface area contributed by atoms with E-state index in [1.807, 2.05) is 11.0 Å². The van der Waals surface area contributed by atoms with E-state index in [1.165, 1.54) is 25.0 Å². The SMILES string of the molecule is N#Cc1ccc(F)c(CN2CCN(C(=O)C3CCCC3)CC2)c1. The predicted molar refractivity (Wildman–Crippen MR) is 84.9 cm³/mol. The molecule has 0 aromatic heterocycles. The molecule has 1 heterocycles. The normalized spacial score (nSPS) is 19.7. The largest absolute Gasteiger partial charge is 0.340 e. The van der Waals surface area contributed by atoms with Crippen LogP contribution in [0.4, 0.5) is 4.39 Å². The molecule has 0 bridgehead atoms. The molecule has 2 aliphatic rings. The molecule has 1 saturated carbocycles. The molecule has 122 valence electrons. The number of hydrogen-bond donors (Lipinski definition) is 0. The molecule has 4 nitrogen and oxygen atoms in total. The first-order valence-electron chi connectivity index (χ1n) is 8.37. The molecule has 0 spiro atoms. The van der Waals surface area contributed by atoms with Crippen molar-refractivity contribution in [2.75, 3.05) is 26.2 Å². The van der Waals surface area contributed by atoms with Gasteiger partial charge in [0.1, 0.15) is 5.82 Å². The monoisotopic (exact) mass is 315 g/mol. The Hall–Kier alpha value is -1.93. The summed E-state index contributed by atoms with van der Waals surface area (Å²) >= 11 is 0. The topological polar surface area (TPSA) is 47.3 Å². The molecule has 0 atom stereocenters. The van der Waals surface area contributed by atoms with Crippen molar-refractivity contribution in [1.29, 1.82) is 5.26 Å². The van der Waals surface area contributed by atoms with Crippen LogP contribution in [-0.4, -0.2) is 41.9 Å². The fraction of sp³-hybridized carbons (Fsp3) is 0.556. The predicted octanol–water partition coefficient (Wildman–Crippen LogP) is 2.53. The first-order chi connectivity index (χ1) is 11.2. The maximum absolute atomic E-state index is 13.9. The van der Waals surface area contributed by atoms with Gasteiger partial charge in [-0.2, -0.15) is 5.26 Å². The average molecular weight is 315 g/mol. The molecule has 1 aliphatic carbocycles. The zero-order chi connectivity index (χ0) is 16.2. The van der Waals surface area contributed by atoms with E-state index < -0.39 is 0 Å². The molecule has 5 heteroatoms. The molecule has 0 unspecified atom stereocenters. The Labute approximate surface area is 136 Å². The molecule has 2 fully saturated rings. The molecule has 1 saturated heterocycles. The fourth-order valence-electron chi connectivity index (χ4n) is 3.56. The number of piperazine rings is 1. The molecule has 23 heavy (non-hydrogen) atoms. The molecule has 0 radical (unpaired) electrons. The van der Waals surface area contributed by atoms with Gasteiger partial charge in [-0.3, -0.25) is 9.69 Å². The second-order valence-electron chi connectivity index (χ2n) is 6.50. The minimum absolute atomic E-state index is 0.228. The lowest BCUT2D eigenvalue weighted by atomic mass is 10.1. The Balaban J connectivity index is 1.55. The van der Waals surface area contributed by atoms with Crippen LogP contribution in [0.2, 0.25) is 0 Å². The number of carbonyl (C=O) groups is 1. The molecular weight excluding hydrogens is 293 g/mol. The zero-order valence-electron chi connectivity index (χ0n) is 13.3. The third-order valence-corrected chi connectivity index (χ3v) is 4.96. The third kappa shape index (κ3) is 3.70. The summed E-state index contributed by atoms with van der Waals surface area (Å²) in [5, 5.41) is 8.93. The lowest BCUT2D eigenvalue weighted by Crippen LogP contribution is -2.49. The van der Waals surface area contributed by atoms with Crippen LogP contribution in [0.5, 0.6) is 0 Å². The van der Waals surface area contributed by atoms with Crippen molar-refractivity contribution in [3.8, 4) is 6.07 Å². The maximum Gasteiger partial charge on any atom is 0.225 e.